The van der Waals surface area contributed by atoms with Gasteiger partial charge in [-0.3, -0.25) is 9.59 Å². The molecule has 1 amide bonds. The standard InChI is InChI=1S/C12H12F3NO4S/c13-12(14,15)7-20-9-3-1-8(2-4-9)16-10(17)5-21-6-11(18)19/h1-4H,5-7H2,(H,16,17)(H,18,19). The number of nitrogens with one attached hydrogen (secondary N) is 1. The minimum atomic E-state index is -4.41. The molecule has 1 aromatic carbocycles. The lowest BCUT2D eigenvalue weighted by molar-refractivity contribution is -0.153. The van der Waals surface area contributed by atoms with Crippen LogP contribution < -0.4 is 10.1 Å². The number of halogens is 3. The van der Waals surface area contributed by atoms with E-state index in [1.807, 2.05) is 0 Å². The van der Waals surface area contributed by atoms with E-state index in [2.05, 4.69) is 10.1 Å². The summed E-state index contributed by atoms with van der Waals surface area (Å²) in [6.45, 7) is -1.38. The van der Waals surface area contributed by atoms with Gasteiger partial charge in [-0.1, -0.05) is 0 Å². The minimum absolute atomic E-state index is 0.0291. The number of amides is 1. The van der Waals surface area contributed by atoms with E-state index in [9.17, 15) is 22.8 Å². The van der Waals surface area contributed by atoms with E-state index < -0.39 is 24.7 Å². The van der Waals surface area contributed by atoms with Crippen LogP contribution in [-0.4, -0.2) is 41.3 Å². The van der Waals surface area contributed by atoms with Crippen molar-refractivity contribution >= 4 is 29.3 Å². The molecule has 0 saturated heterocycles. The van der Waals surface area contributed by atoms with E-state index >= 15 is 0 Å². The van der Waals surface area contributed by atoms with Crippen LogP contribution in [0.15, 0.2) is 24.3 Å². The molecule has 0 radical (unpaired) electrons. The number of ether oxygens (including phenoxy) is 1. The van der Waals surface area contributed by atoms with Crippen LogP contribution in [0, 0.1) is 0 Å². The fourth-order valence-corrected chi connectivity index (χ4v) is 1.76. The third-order valence-electron chi connectivity index (χ3n) is 2.00. The van der Waals surface area contributed by atoms with Crippen molar-refractivity contribution < 1.29 is 32.6 Å². The first-order valence-corrected chi connectivity index (χ1v) is 6.81. The van der Waals surface area contributed by atoms with Crippen molar-refractivity contribution in [3.05, 3.63) is 24.3 Å². The van der Waals surface area contributed by atoms with Crippen LogP contribution in [0.1, 0.15) is 0 Å². The number of thioether (sulfide) groups is 1. The topological polar surface area (TPSA) is 75.6 Å². The Morgan fingerprint density at radius 2 is 1.81 bits per heavy atom. The summed E-state index contributed by atoms with van der Waals surface area (Å²) in [6.07, 6.45) is -4.41. The molecule has 0 atom stereocenters. The number of carbonyl (C=O) groups is 2. The lowest BCUT2D eigenvalue weighted by Crippen LogP contribution is -2.19. The Hall–Kier alpha value is -1.90. The molecule has 0 heterocycles. The van der Waals surface area contributed by atoms with Crippen LogP contribution in [-0.2, 0) is 9.59 Å². The number of benzene rings is 1. The number of carboxylic acid groups (broad SMARTS) is 1. The first-order chi connectivity index (χ1) is 9.76. The predicted molar refractivity (Wildman–Crippen MR) is 71.6 cm³/mol. The maximum Gasteiger partial charge on any atom is 0.422 e. The summed E-state index contributed by atoms with van der Waals surface area (Å²) in [4.78, 5) is 21.7. The summed E-state index contributed by atoms with van der Waals surface area (Å²) in [5.74, 6) is -1.59. The quantitative estimate of drug-likeness (QED) is 0.806. The van der Waals surface area contributed by atoms with E-state index in [4.69, 9.17) is 5.11 Å². The highest BCUT2D eigenvalue weighted by atomic mass is 32.2. The van der Waals surface area contributed by atoms with Gasteiger partial charge in [0, 0.05) is 5.69 Å². The van der Waals surface area contributed by atoms with Gasteiger partial charge in [0.15, 0.2) is 6.61 Å². The van der Waals surface area contributed by atoms with Crippen LogP contribution >= 0.6 is 11.8 Å². The molecular weight excluding hydrogens is 311 g/mol. The second-order valence-corrected chi connectivity index (χ2v) is 4.85. The lowest BCUT2D eigenvalue weighted by atomic mass is 10.3. The Balaban J connectivity index is 2.40. The van der Waals surface area contributed by atoms with E-state index in [1.165, 1.54) is 24.3 Å². The number of anilines is 1. The van der Waals surface area contributed by atoms with Crippen molar-refractivity contribution in [3.63, 3.8) is 0 Å². The molecule has 0 spiro atoms. The molecule has 9 heteroatoms. The Bertz CT molecular complexity index is 490. The van der Waals surface area contributed by atoms with Crippen LogP contribution in [0.4, 0.5) is 18.9 Å². The molecule has 0 fully saturated rings. The minimum Gasteiger partial charge on any atom is -0.484 e. The number of carboxylic acids is 1. The van der Waals surface area contributed by atoms with Gasteiger partial charge >= 0.3 is 12.1 Å². The first-order valence-electron chi connectivity index (χ1n) is 5.65. The van der Waals surface area contributed by atoms with E-state index in [-0.39, 0.29) is 17.3 Å². The average molecular weight is 323 g/mol. The van der Waals surface area contributed by atoms with Gasteiger partial charge in [-0.15, -0.1) is 11.8 Å². The summed E-state index contributed by atoms with van der Waals surface area (Å²) < 4.78 is 40.3. The molecule has 0 aliphatic carbocycles. The molecule has 0 bridgehead atoms. The summed E-state index contributed by atoms with van der Waals surface area (Å²) in [5, 5.41) is 10.9. The van der Waals surface area contributed by atoms with Crippen molar-refractivity contribution in [2.75, 3.05) is 23.4 Å². The van der Waals surface area contributed by atoms with Gasteiger partial charge in [0.2, 0.25) is 5.91 Å². The number of carbonyl (C=O) groups excluding carboxylic acids is 1. The van der Waals surface area contributed by atoms with Gasteiger partial charge in [-0.05, 0) is 24.3 Å². The third kappa shape index (κ3) is 8.08. The highest BCUT2D eigenvalue weighted by molar-refractivity contribution is 8.00. The summed E-state index contributed by atoms with van der Waals surface area (Å²) in [7, 11) is 0. The van der Waals surface area contributed by atoms with Gasteiger partial charge in [0.1, 0.15) is 5.75 Å². The van der Waals surface area contributed by atoms with Crippen LogP contribution in [0.3, 0.4) is 0 Å². The fourth-order valence-electron chi connectivity index (χ4n) is 1.23. The maximum absolute atomic E-state index is 11.9. The second kappa shape index (κ2) is 7.77. The van der Waals surface area contributed by atoms with E-state index in [0.29, 0.717) is 5.69 Å². The number of hydrogen-bond donors (Lipinski definition) is 2. The summed E-state index contributed by atoms with van der Waals surface area (Å²) in [5.41, 5.74) is 0.385. The van der Waals surface area contributed by atoms with Gasteiger partial charge in [-0.2, -0.15) is 13.2 Å². The molecule has 0 unspecified atom stereocenters. The van der Waals surface area contributed by atoms with Crippen LogP contribution in [0.5, 0.6) is 5.75 Å². The smallest absolute Gasteiger partial charge is 0.422 e. The van der Waals surface area contributed by atoms with Crippen molar-refractivity contribution in [3.8, 4) is 5.75 Å². The van der Waals surface area contributed by atoms with Crippen LogP contribution in [0.25, 0.3) is 0 Å². The Morgan fingerprint density at radius 3 is 2.33 bits per heavy atom. The first kappa shape index (κ1) is 17.2. The van der Waals surface area contributed by atoms with Crippen molar-refractivity contribution in [1.82, 2.24) is 0 Å². The molecule has 5 nitrogen and oxygen atoms in total. The summed E-state index contributed by atoms with van der Waals surface area (Å²) in [6, 6.07) is 5.38. The number of aliphatic carboxylic acids is 1. The molecule has 0 aromatic heterocycles. The lowest BCUT2D eigenvalue weighted by Gasteiger charge is -2.10. The van der Waals surface area contributed by atoms with E-state index in [0.717, 1.165) is 11.8 Å². The highest BCUT2D eigenvalue weighted by Crippen LogP contribution is 2.20. The Labute approximate surface area is 122 Å². The zero-order valence-corrected chi connectivity index (χ0v) is 11.5. The van der Waals surface area contributed by atoms with Gasteiger partial charge in [0.25, 0.3) is 0 Å². The molecule has 0 saturated carbocycles. The normalized spacial score (nSPS) is 11.0. The highest BCUT2D eigenvalue weighted by Gasteiger charge is 2.28. The molecule has 1 rings (SSSR count). The van der Waals surface area contributed by atoms with Gasteiger partial charge in [-0.25, -0.2) is 0 Å². The summed E-state index contributed by atoms with van der Waals surface area (Å²) >= 11 is 0.941. The Kier molecular flexibility index (Phi) is 6.35. The molecule has 0 aliphatic rings. The zero-order valence-electron chi connectivity index (χ0n) is 10.6. The zero-order chi connectivity index (χ0) is 15.9. The molecule has 116 valence electrons. The molecule has 0 aliphatic heterocycles. The van der Waals surface area contributed by atoms with Crippen molar-refractivity contribution in [2.24, 2.45) is 0 Å². The monoisotopic (exact) mass is 323 g/mol. The van der Waals surface area contributed by atoms with Crippen molar-refractivity contribution in [2.45, 2.75) is 6.18 Å². The third-order valence-corrected chi connectivity index (χ3v) is 2.92. The predicted octanol–water partition coefficient (Wildman–Crippen LogP) is 2.38. The number of alkyl halides is 3. The molecule has 1 aromatic rings. The van der Waals surface area contributed by atoms with Crippen LogP contribution in [0.2, 0.25) is 0 Å². The van der Waals surface area contributed by atoms with Gasteiger partial charge in [0.05, 0.1) is 11.5 Å². The molecule has 21 heavy (non-hydrogen) atoms. The van der Waals surface area contributed by atoms with E-state index in [1.54, 1.807) is 0 Å². The SMILES string of the molecule is O=C(O)CSCC(=O)Nc1ccc(OCC(F)(F)F)cc1. The largest absolute Gasteiger partial charge is 0.484 e. The van der Waals surface area contributed by atoms with Crippen molar-refractivity contribution in [1.29, 1.82) is 0 Å². The average Bonchev–Trinajstić information content (AvgIpc) is 2.36. The molecule has 2 N–H and O–H groups in total. The maximum atomic E-state index is 11.9. The second-order valence-electron chi connectivity index (χ2n) is 3.86. The fraction of sp³-hybridized carbons (Fsp3) is 0.333. The number of hydrogen-bond acceptors (Lipinski definition) is 4. The van der Waals surface area contributed by atoms with Gasteiger partial charge < -0.3 is 15.2 Å². The number of rotatable bonds is 7. The molecular formula is C12H12F3NO4S. The Morgan fingerprint density at radius 1 is 1.19 bits per heavy atom.